The molecule has 4 heterocycles. The summed E-state index contributed by atoms with van der Waals surface area (Å²) in [5, 5.41) is 41.0. The Labute approximate surface area is 443 Å². The molecule has 25 heteroatoms. The van der Waals surface area contributed by atoms with Crippen LogP contribution in [-0.4, -0.2) is 67.4 Å². The van der Waals surface area contributed by atoms with Gasteiger partial charge in [0.05, 0.1) is 49.5 Å². The first kappa shape index (κ1) is 53.4. The Kier molecular flexibility index (Phi) is 16.4. The minimum Gasteiger partial charge on any atom is -0.423 e. The number of carbonyl (C=O) groups excluding carboxylic acids is 1. The van der Waals surface area contributed by atoms with Crippen molar-refractivity contribution in [3.63, 3.8) is 0 Å². The number of pyridine rings is 1. The lowest BCUT2D eigenvalue weighted by Gasteiger charge is -2.10. The number of aromatic nitrogens is 7. The van der Waals surface area contributed by atoms with Crippen molar-refractivity contribution in [2.24, 2.45) is 0 Å². The summed E-state index contributed by atoms with van der Waals surface area (Å²) in [6.07, 6.45) is 1.47. The number of nitro groups is 2. The van der Waals surface area contributed by atoms with Crippen molar-refractivity contribution in [3.8, 4) is 22.3 Å². The molecule has 0 aliphatic carbocycles. The molecule has 0 atom stereocenters. The number of fused-ring (bicyclic) bond motifs is 3. The van der Waals surface area contributed by atoms with E-state index in [0.29, 0.717) is 33.3 Å². The van der Waals surface area contributed by atoms with Crippen molar-refractivity contribution in [1.82, 2.24) is 34.5 Å². The molecule has 0 bridgehead atoms. The number of hydrogen-bond donors (Lipinski definition) is 9. The van der Waals surface area contributed by atoms with Gasteiger partial charge < -0.3 is 49.8 Å². The highest BCUT2D eigenvalue weighted by atomic mass is 127. The number of nitrogens with one attached hydrogen (secondary N) is 7. The maximum atomic E-state index is 13.5. The average molecular weight is 1150 g/mol. The normalized spacial score (nSPS) is 10.7. The third-order valence-electron chi connectivity index (χ3n) is 11.3. The number of H-pyrrole nitrogens is 6. The van der Waals surface area contributed by atoms with Crippen LogP contribution in [0.4, 0.5) is 25.8 Å². The molecule has 0 fully saturated rings. The molecule has 9 N–H and O–H groups in total. The third-order valence-corrected chi connectivity index (χ3v) is 12.0. The predicted octanol–water partition coefficient (Wildman–Crippen LogP) is 7.43. The Morgan fingerprint density at radius 1 is 0.558 bits per heavy atom. The van der Waals surface area contributed by atoms with Gasteiger partial charge in [0.25, 0.3) is 22.8 Å². The standard InChI is InChI=1S/C26H18F2N4O3.C13H9N3O3.C7H5IN2O.C6H6BNO4/c27-20-8-6-15(11-21(20)28)14-32-10-2-5-19(25(32)34)24(33)29-18-4-1-3-16(12-18)17-7-9-22-23(13-17)31-26(35)30-22;17-13-14-11-5-4-9(7-12(11)15-13)8-2-1-3-10(6-8)16(18)19;8-4-1-2-5-6(3-4)10-7(11)9-5;9-7(10)5-2-1-3-6(4-5)8(11)12/h1-13H,14H2,(H,29,33)(H2,30,31,35);1-7H,(H2,14,15,17);1-3H,(H2,9,10,11);1-4,9-10H. The monoisotopic (exact) mass is 1150 g/mol. The number of nitro benzene ring substituents is 2. The van der Waals surface area contributed by atoms with E-state index < -0.39 is 40.1 Å². The number of carbonyl (C=O) groups is 1. The van der Waals surface area contributed by atoms with Gasteiger partial charge in [0, 0.05) is 39.7 Å². The highest BCUT2D eigenvalue weighted by molar-refractivity contribution is 14.1. The fraction of sp³-hybridized carbons (Fsp3) is 0.0192. The molecule has 0 aliphatic heterocycles. The largest absolute Gasteiger partial charge is 0.488 e. The van der Waals surface area contributed by atoms with Crippen molar-refractivity contribution in [2.75, 3.05) is 5.32 Å². The van der Waals surface area contributed by atoms with Crippen molar-refractivity contribution >= 4 is 91.2 Å². The summed E-state index contributed by atoms with van der Waals surface area (Å²) < 4.78 is 29.1. The van der Waals surface area contributed by atoms with Crippen LogP contribution in [0.1, 0.15) is 15.9 Å². The molecule has 0 aliphatic rings. The van der Waals surface area contributed by atoms with E-state index in [9.17, 15) is 53.0 Å². The predicted molar refractivity (Wildman–Crippen MR) is 294 cm³/mol. The summed E-state index contributed by atoms with van der Waals surface area (Å²) in [7, 11) is -1.66. The Hall–Kier alpha value is -9.86. The van der Waals surface area contributed by atoms with E-state index in [4.69, 9.17) is 10.0 Å². The smallest absolute Gasteiger partial charge is 0.423 e. The van der Waals surface area contributed by atoms with Crippen LogP contribution in [0.15, 0.2) is 183 Å². The van der Waals surface area contributed by atoms with Crippen LogP contribution in [0.5, 0.6) is 0 Å². The van der Waals surface area contributed by atoms with Crippen molar-refractivity contribution < 1.29 is 33.5 Å². The number of benzene rings is 7. The number of rotatable bonds is 9. The van der Waals surface area contributed by atoms with Gasteiger partial charge in [-0.05, 0) is 135 Å². The van der Waals surface area contributed by atoms with Crippen molar-refractivity contribution in [1.29, 1.82) is 0 Å². The van der Waals surface area contributed by atoms with Crippen LogP contribution in [0.3, 0.4) is 0 Å². The van der Waals surface area contributed by atoms with Crippen LogP contribution in [0, 0.1) is 35.4 Å². The van der Waals surface area contributed by atoms with Crippen LogP contribution >= 0.6 is 22.6 Å². The minimum absolute atomic E-state index is 0.0175. The lowest BCUT2D eigenvalue weighted by Crippen LogP contribution is -2.29. The molecule has 11 aromatic rings. The Bertz CT molecular complexity index is 4260. The molecular weight excluding hydrogens is 1120 g/mol. The van der Waals surface area contributed by atoms with Gasteiger partial charge in [-0.15, -0.1) is 0 Å². The first-order chi connectivity index (χ1) is 36.9. The van der Waals surface area contributed by atoms with Crippen LogP contribution < -0.4 is 33.4 Å². The maximum absolute atomic E-state index is 13.5. The second-order valence-electron chi connectivity index (χ2n) is 16.6. The summed E-state index contributed by atoms with van der Waals surface area (Å²) in [6, 6.07) is 41.6. The zero-order valence-electron chi connectivity index (χ0n) is 39.4. The third kappa shape index (κ3) is 13.5. The summed E-state index contributed by atoms with van der Waals surface area (Å²) in [6.45, 7) is -0.0175. The highest BCUT2D eigenvalue weighted by Crippen LogP contribution is 2.27. The molecule has 0 spiro atoms. The van der Waals surface area contributed by atoms with E-state index in [1.807, 2.05) is 42.5 Å². The van der Waals surface area contributed by atoms with Gasteiger partial charge >= 0.3 is 24.2 Å². The lowest BCUT2D eigenvalue weighted by atomic mass is 9.80. The van der Waals surface area contributed by atoms with Gasteiger partial charge in [0.1, 0.15) is 5.56 Å². The summed E-state index contributed by atoms with van der Waals surface area (Å²) in [5.41, 5.74) is 7.12. The summed E-state index contributed by atoms with van der Waals surface area (Å²) >= 11 is 2.20. The molecule has 386 valence electrons. The number of amides is 1. The van der Waals surface area contributed by atoms with E-state index in [2.05, 4.69) is 57.8 Å². The number of hydrogen-bond acceptors (Lipinski definition) is 11. The van der Waals surface area contributed by atoms with E-state index in [-0.39, 0.29) is 46.0 Å². The lowest BCUT2D eigenvalue weighted by molar-refractivity contribution is -0.385. The molecule has 7 aromatic carbocycles. The Morgan fingerprint density at radius 3 is 1.64 bits per heavy atom. The van der Waals surface area contributed by atoms with E-state index >= 15 is 0 Å². The SMILES string of the molecule is O=C(Nc1cccc(-c2ccc3[nH]c(=O)[nH]c3c2)c1)c1cccn(Cc2ccc(F)c(F)c2)c1=O.O=[N+]([O-])c1cccc(B(O)O)c1.O=c1[nH]c2ccc(-c3cccc([N+](=O)[O-])c3)cc2[nH]1.O=c1[nH]c2ccc(I)cc2[nH]1. The number of halogens is 3. The first-order valence-electron chi connectivity index (χ1n) is 22.6. The zero-order valence-corrected chi connectivity index (χ0v) is 41.6. The average Bonchev–Trinajstić information content (AvgIpc) is 4.12. The molecule has 0 radical (unpaired) electrons. The Morgan fingerprint density at radius 2 is 1.06 bits per heavy atom. The van der Waals surface area contributed by atoms with Gasteiger partial charge in [0.2, 0.25) is 0 Å². The van der Waals surface area contributed by atoms with E-state index in [1.54, 1.807) is 54.6 Å². The molecule has 4 aromatic heterocycles. The topological polar surface area (TPSA) is 324 Å². The van der Waals surface area contributed by atoms with Gasteiger partial charge in [-0.1, -0.05) is 54.6 Å². The Balaban J connectivity index is 0.000000155. The van der Waals surface area contributed by atoms with E-state index in [0.717, 1.165) is 55.1 Å². The highest BCUT2D eigenvalue weighted by Gasteiger charge is 2.16. The second-order valence-corrected chi connectivity index (χ2v) is 17.9. The van der Waals surface area contributed by atoms with Crippen molar-refractivity contribution in [3.05, 3.63) is 252 Å². The van der Waals surface area contributed by atoms with Crippen LogP contribution in [-0.2, 0) is 6.54 Å². The van der Waals surface area contributed by atoms with Gasteiger partial charge in [0.15, 0.2) is 11.6 Å². The molecule has 77 heavy (non-hydrogen) atoms. The minimum atomic E-state index is -1.66. The van der Waals surface area contributed by atoms with Crippen LogP contribution in [0.2, 0.25) is 0 Å². The molecule has 21 nitrogen and oxygen atoms in total. The molecule has 0 unspecified atom stereocenters. The summed E-state index contributed by atoms with van der Waals surface area (Å²) in [4.78, 5) is 95.3. The molecule has 1 amide bonds. The number of nitrogens with zero attached hydrogens (tertiary/aromatic N) is 3. The summed E-state index contributed by atoms with van der Waals surface area (Å²) in [5.74, 6) is -2.58. The molecule has 11 rings (SSSR count). The number of imidazole rings is 3. The second kappa shape index (κ2) is 23.6. The fourth-order valence-corrected chi connectivity index (χ4v) is 8.16. The van der Waals surface area contributed by atoms with E-state index in [1.165, 1.54) is 53.2 Å². The molecule has 0 saturated carbocycles. The molecular formula is C52H38BF2IN10O11. The van der Waals surface area contributed by atoms with Crippen molar-refractivity contribution in [2.45, 2.75) is 6.54 Å². The number of non-ortho nitro benzene ring substituents is 2. The maximum Gasteiger partial charge on any atom is 0.488 e. The zero-order chi connectivity index (χ0) is 54.9. The quantitative estimate of drug-likeness (QED) is 0.0296. The first-order valence-corrected chi connectivity index (χ1v) is 23.7. The van der Waals surface area contributed by atoms with Gasteiger partial charge in [-0.25, -0.2) is 23.2 Å². The number of anilines is 1. The van der Waals surface area contributed by atoms with Crippen LogP contribution in [0.25, 0.3) is 55.4 Å². The molecule has 0 saturated heterocycles. The van der Waals surface area contributed by atoms with Gasteiger partial charge in [-0.2, -0.15) is 0 Å². The van der Waals surface area contributed by atoms with Gasteiger partial charge in [-0.3, -0.25) is 29.8 Å². The number of aromatic amines is 6. The fourth-order valence-electron chi connectivity index (χ4n) is 7.67.